The van der Waals surface area contributed by atoms with Gasteiger partial charge in [0.05, 0.1) is 0 Å². The molecule has 0 aliphatic rings. The summed E-state index contributed by atoms with van der Waals surface area (Å²) in [5.41, 5.74) is 0. The first-order chi connectivity index (χ1) is 5.88. The zero-order valence-electron chi connectivity index (χ0n) is 6.34. The molecule has 2 aromatic rings. The molecule has 0 unspecified atom stereocenters. The van der Waals surface area contributed by atoms with E-state index in [2.05, 4.69) is 35.0 Å². The third-order valence-electron chi connectivity index (χ3n) is 1.39. The summed E-state index contributed by atoms with van der Waals surface area (Å²) in [5, 5.41) is 21.0. The van der Waals surface area contributed by atoms with Gasteiger partial charge < -0.3 is 10.0 Å². The maximum Gasteiger partial charge on any atom is 0.482 e. The Labute approximate surface area is 75.4 Å². The maximum absolute atomic E-state index is 7.00. The molecule has 1 aromatic carbocycles. The van der Waals surface area contributed by atoms with Crippen LogP contribution in [0.3, 0.4) is 0 Å². The molecule has 12 heavy (non-hydrogen) atoms. The Morgan fingerprint density at radius 1 is 1.00 bits per heavy atom. The molecule has 2 rings (SSSR count). The second kappa shape index (κ2) is 4.93. The van der Waals surface area contributed by atoms with Gasteiger partial charge in [-0.3, -0.25) is 0 Å². The van der Waals surface area contributed by atoms with Crippen molar-refractivity contribution in [3.8, 4) is 0 Å². The first-order valence-corrected chi connectivity index (χ1v) is 4.34. The summed E-state index contributed by atoms with van der Waals surface area (Å²) in [6.45, 7) is 0. The van der Waals surface area contributed by atoms with Crippen molar-refractivity contribution >= 4 is 29.8 Å². The van der Waals surface area contributed by atoms with Crippen LogP contribution < -0.4 is 0 Å². The Kier molecular flexibility index (Phi) is 3.80. The first kappa shape index (κ1) is 9.25. The number of hydrogen-bond acceptors (Lipinski definition) is 3. The van der Waals surface area contributed by atoms with E-state index in [4.69, 9.17) is 10.0 Å². The molecule has 4 heteroatoms. The number of benzene rings is 1. The zero-order valence-corrected chi connectivity index (χ0v) is 7.16. The Morgan fingerprint density at radius 2 is 1.42 bits per heavy atom. The molecule has 0 aliphatic carbocycles. The van der Waals surface area contributed by atoms with E-state index in [-0.39, 0.29) is 7.69 Å². The standard InChI is InChI=1S/C8H6S.BH2O2/c1-2-4-8-6-9-5-7(8)3-1;2-1-3/h1-6H;2-3H. The van der Waals surface area contributed by atoms with Gasteiger partial charge in [0.2, 0.25) is 0 Å². The van der Waals surface area contributed by atoms with Crippen molar-refractivity contribution in [2.24, 2.45) is 0 Å². The number of thiophene rings is 1. The Balaban J connectivity index is 0.000000213. The molecule has 0 saturated heterocycles. The summed E-state index contributed by atoms with van der Waals surface area (Å²) in [7, 11) is 0. The highest BCUT2D eigenvalue weighted by Crippen LogP contribution is 2.17. The van der Waals surface area contributed by atoms with Gasteiger partial charge in [0, 0.05) is 0 Å². The average molecular weight is 179 g/mol. The largest absolute Gasteiger partial charge is 0.482 e. The SMILES string of the molecule is O[B]O.c1ccc2cscc2c1. The van der Waals surface area contributed by atoms with E-state index in [1.54, 1.807) is 11.3 Å². The molecule has 2 nitrogen and oxygen atoms in total. The van der Waals surface area contributed by atoms with E-state index in [1.807, 2.05) is 0 Å². The zero-order chi connectivity index (χ0) is 8.81. The fraction of sp³-hybridized carbons (Fsp3) is 0. The van der Waals surface area contributed by atoms with Crippen molar-refractivity contribution in [1.82, 2.24) is 0 Å². The summed E-state index contributed by atoms with van der Waals surface area (Å²) in [5.74, 6) is 0. The van der Waals surface area contributed by atoms with Crippen LogP contribution in [0.25, 0.3) is 10.8 Å². The number of hydrogen-bond donors (Lipinski definition) is 2. The van der Waals surface area contributed by atoms with E-state index >= 15 is 0 Å². The quantitative estimate of drug-likeness (QED) is 0.600. The van der Waals surface area contributed by atoms with Crippen LogP contribution in [0.5, 0.6) is 0 Å². The van der Waals surface area contributed by atoms with Gasteiger partial charge >= 0.3 is 7.69 Å². The van der Waals surface area contributed by atoms with Crippen LogP contribution >= 0.6 is 11.3 Å². The molecule has 1 aromatic heterocycles. The first-order valence-electron chi connectivity index (χ1n) is 3.39. The van der Waals surface area contributed by atoms with Gasteiger partial charge in [0.15, 0.2) is 0 Å². The van der Waals surface area contributed by atoms with Gasteiger partial charge in [-0.25, -0.2) is 0 Å². The monoisotopic (exact) mass is 179 g/mol. The lowest BCUT2D eigenvalue weighted by atomic mass is 10.2. The van der Waals surface area contributed by atoms with Crippen LogP contribution in [0.4, 0.5) is 0 Å². The average Bonchev–Trinajstić information content (AvgIpc) is 2.52. The second-order valence-corrected chi connectivity index (χ2v) is 2.86. The van der Waals surface area contributed by atoms with Crippen LogP contribution in [0, 0.1) is 0 Å². The minimum absolute atomic E-state index is 0. The van der Waals surface area contributed by atoms with Crippen LogP contribution in [0.1, 0.15) is 0 Å². The number of fused-ring (bicyclic) bond motifs is 1. The van der Waals surface area contributed by atoms with Crippen molar-refractivity contribution in [1.29, 1.82) is 0 Å². The van der Waals surface area contributed by atoms with Crippen molar-refractivity contribution in [3.63, 3.8) is 0 Å². The third kappa shape index (κ3) is 2.34. The van der Waals surface area contributed by atoms with E-state index in [0.29, 0.717) is 0 Å². The summed E-state index contributed by atoms with van der Waals surface area (Å²) in [4.78, 5) is 0. The Morgan fingerprint density at radius 3 is 1.83 bits per heavy atom. The minimum Gasteiger partial charge on any atom is -0.429 e. The van der Waals surface area contributed by atoms with Gasteiger partial charge in [-0.15, -0.1) is 0 Å². The molecular weight excluding hydrogens is 171 g/mol. The fourth-order valence-corrected chi connectivity index (χ4v) is 1.70. The van der Waals surface area contributed by atoms with Crippen LogP contribution in [-0.4, -0.2) is 17.7 Å². The predicted molar refractivity (Wildman–Crippen MR) is 52.0 cm³/mol. The Hall–Kier alpha value is -0.835. The van der Waals surface area contributed by atoms with Gasteiger partial charge in [-0.1, -0.05) is 24.3 Å². The molecule has 0 spiro atoms. The molecule has 0 bridgehead atoms. The lowest BCUT2D eigenvalue weighted by Crippen LogP contribution is -1.75. The highest BCUT2D eigenvalue weighted by atomic mass is 32.1. The molecule has 0 aliphatic heterocycles. The molecule has 0 amide bonds. The van der Waals surface area contributed by atoms with Crippen LogP contribution in [0.2, 0.25) is 0 Å². The molecule has 0 atom stereocenters. The molecule has 61 valence electrons. The second-order valence-electron chi connectivity index (χ2n) is 2.12. The predicted octanol–water partition coefficient (Wildman–Crippen LogP) is 1.41. The number of rotatable bonds is 0. The normalized spacial score (nSPS) is 8.83. The van der Waals surface area contributed by atoms with Gasteiger partial charge in [-0.05, 0) is 21.5 Å². The van der Waals surface area contributed by atoms with Crippen LogP contribution in [-0.2, 0) is 0 Å². The van der Waals surface area contributed by atoms with Gasteiger partial charge in [0.25, 0.3) is 0 Å². The van der Waals surface area contributed by atoms with E-state index in [9.17, 15) is 0 Å². The molecule has 1 radical (unpaired) electrons. The summed E-state index contributed by atoms with van der Waals surface area (Å²) >= 11 is 1.75. The highest BCUT2D eigenvalue weighted by Gasteiger charge is 1.87. The third-order valence-corrected chi connectivity index (χ3v) is 2.17. The van der Waals surface area contributed by atoms with Gasteiger partial charge in [0.1, 0.15) is 0 Å². The molecule has 0 saturated carbocycles. The topological polar surface area (TPSA) is 40.5 Å². The maximum atomic E-state index is 7.00. The van der Waals surface area contributed by atoms with E-state index < -0.39 is 0 Å². The molecule has 1 heterocycles. The van der Waals surface area contributed by atoms with Crippen molar-refractivity contribution in [3.05, 3.63) is 35.0 Å². The van der Waals surface area contributed by atoms with Crippen LogP contribution in [0.15, 0.2) is 35.0 Å². The van der Waals surface area contributed by atoms with Crippen molar-refractivity contribution in [2.45, 2.75) is 0 Å². The smallest absolute Gasteiger partial charge is 0.429 e. The summed E-state index contributed by atoms with van der Waals surface area (Å²) in [6, 6.07) is 8.39. The van der Waals surface area contributed by atoms with Crippen molar-refractivity contribution < 1.29 is 10.0 Å². The van der Waals surface area contributed by atoms with Crippen molar-refractivity contribution in [2.75, 3.05) is 0 Å². The lowest BCUT2D eigenvalue weighted by Gasteiger charge is -1.82. The molecule has 2 N–H and O–H groups in total. The fourth-order valence-electron chi connectivity index (χ4n) is 0.906. The van der Waals surface area contributed by atoms with Gasteiger partial charge in [-0.2, -0.15) is 11.3 Å². The van der Waals surface area contributed by atoms with E-state index in [0.717, 1.165) is 0 Å². The molecular formula is C8H8BO2S. The summed E-state index contributed by atoms with van der Waals surface area (Å²) in [6.07, 6.45) is 0. The lowest BCUT2D eigenvalue weighted by molar-refractivity contribution is 0.448. The summed E-state index contributed by atoms with van der Waals surface area (Å²) < 4.78 is 0. The highest BCUT2D eigenvalue weighted by molar-refractivity contribution is 7.09. The van der Waals surface area contributed by atoms with E-state index in [1.165, 1.54) is 10.8 Å². The Bertz CT molecular complexity index is 304. The molecule has 0 fully saturated rings. The minimum atomic E-state index is 0.